The molecule has 0 aromatic carbocycles. The van der Waals surface area contributed by atoms with Gasteiger partial charge in [0.1, 0.15) is 35.9 Å². The first-order valence-corrected chi connectivity index (χ1v) is 13.0. The number of aliphatic hydroxyl groups excluding tert-OH is 3. The minimum Gasteiger partial charge on any atom is -0.388 e. The van der Waals surface area contributed by atoms with Crippen molar-refractivity contribution in [1.82, 2.24) is 10.6 Å². The van der Waals surface area contributed by atoms with Gasteiger partial charge in [0, 0.05) is 13.2 Å². The Morgan fingerprint density at radius 2 is 2.00 bits per heavy atom. The molecule has 0 aromatic heterocycles. The highest BCUT2D eigenvalue weighted by Crippen LogP contribution is 2.34. The maximum Gasteiger partial charge on any atom is 0.240 e. The van der Waals surface area contributed by atoms with Gasteiger partial charge >= 0.3 is 0 Å². The Morgan fingerprint density at radius 1 is 1.25 bits per heavy atom. The van der Waals surface area contributed by atoms with E-state index in [0.717, 1.165) is 19.3 Å². The molecule has 8 nitrogen and oxygen atoms in total. The van der Waals surface area contributed by atoms with E-state index in [0.29, 0.717) is 25.5 Å². The lowest BCUT2D eigenvalue weighted by atomic mass is 9.87. The molecule has 186 valence electrons. The molecule has 3 rings (SSSR count). The first-order valence-electron chi connectivity index (χ1n) is 11.7. The third kappa shape index (κ3) is 5.76. The number of hydrogen-bond acceptors (Lipinski definition) is 8. The van der Waals surface area contributed by atoms with E-state index in [-0.39, 0.29) is 30.5 Å². The molecule has 1 amide bonds. The van der Waals surface area contributed by atoms with Crippen molar-refractivity contribution in [1.29, 1.82) is 0 Å². The summed E-state index contributed by atoms with van der Waals surface area (Å²) in [6.45, 7) is 4.75. The molecule has 0 spiro atoms. The Balaban J connectivity index is 1.66. The Labute approximate surface area is 194 Å². The molecule has 10 heteroatoms. The highest BCUT2D eigenvalue weighted by atomic mass is 32.2. The molecule has 3 aliphatic rings. The van der Waals surface area contributed by atoms with Gasteiger partial charge in [-0.15, -0.1) is 11.8 Å². The predicted octanol–water partition coefficient (Wildman–Crippen LogP) is 0.431. The Hall–Kier alpha value is -0.490. The summed E-state index contributed by atoms with van der Waals surface area (Å²) in [7, 11) is 0. The van der Waals surface area contributed by atoms with Gasteiger partial charge in [0.15, 0.2) is 0 Å². The van der Waals surface area contributed by atoms with Crippen molar-refractivity contribution in [3.63, 3.8) is 0 Å². The molecule has 0 aromatic rings. The maximum absolute atomic E-state index is 13.3. The molecule has 0 radical (unpaired) electrons. The van der Waals surface area contributed by atoms with E-state index in [1.165, 1.54) is 11.8 Å². The number of thioether (sulfide) groups is 1. The van der Waals surface area contributed by atoms with Crippen LogP contribution in [0.3, 0.4) is 0 Å². The van der Waals surface area contributed by atoms with Gasteiger partial charge in [0.2, 0.25) is 5.91 Å². The van der Waals surface area contributed by atoms with E-state index in [9.17, 15) is 24.5 Å². The third-order valence-electron chi connectivity index (χ3n) is 7.11. The minimum atomic E-state index is -1.36. The van der Waals surface area contributed by atoms with Crippen molar-refractivity contribution in [2.45, 2.75) is 87.6 Å². The van der Waals surface area contributed by atoms with Gasteiger partial charge in [-0.2, -0.15) is 0 Å². The Bertz CT molecular complexity index is 615. The van der Waals surface area contributed by atoms with Crippen LogP contribution in [0.5, 0.6) is 0 Å². The number of carbonyl (C=O) groups excluding carboxylic acids is 1. The van der Waals surface area contributed by atoms with Crippen molar-refractivity contribution in [3.8, 4) is 0 Å². The van der Waals surface area contributed by atoms with Gasteiger partial charge in [-0.25, -0.2) is 0 Å². The molecule has 5 N–H and O–H groups in total. The molecule has 0 saturated carbocycles. The van der Waals surface area contributed by atoms with E-state index in [1.54, 1.807) is 6.26 Å². The normalized spacial score (nSPS) is 41.2. The van der Waals surface area contributed by atoms with Gasteiger partial charge in [-0.3, -0.25) is 9.18 Å². The summed E-state index contributed by atoms with van der Waals surface area (Å²) in [6, 6.07) is -1.08. The fourth-order valence-corrected chi connectivity index (χ4v) is 5.95. The summed E-state index contributed by atoms with van der Waals surface area (Å²) in [6.07, 6.45) is -0.0250. The van der Waals surface area contributed by atoms with Gasteiger partial charge in [0.05, 0.1) is 18.8 Å². The lowest BCUT2D eigenvalue weighted by molar-refractivity contribution is -0.208. The molecule has 32 heavy (non-hydrogen) atoms. The molecule has 3 saturated heterocycles. The number of rotatable bonds is 8. The molecular formula is C22H39FN2O6S. The van der Waals surface area contributed by atoms with Crippen molar-refractivity contribution >= 4 is 17.7 Å². The second-order valence-electron chi connectivity index (χ2n) is 9.66. The fraction of sp³-hybridized carbons (Fsp3) is 0.955. The number of amides is 1. The number of halogens is 1. The molecule has 10 atom stereocenters. The number of fused-ring (bicyclic) bond motifs is 1. The standard InChI is InChI=1S/C22H39FN2O6S/c1-11(2)14(20-17(27)16(26)18(28)22(31-20)32-3)25-21(29)15-19-13(10-24-15)9-12(5-4-7-23)6-8-30-19/h11-20,22,24,26-28H,4-10H2,1-3H3,(H,25,29)/t12-,13+,14-,15+,16?,17?,18-,19-,20-,22?/m1/s1. The van der Waals surface area contributed by atoms with Crippen LogP contribution in [0.1, 0.15) is 39.5 Å². The van der Waals surface area contributed by atoms with E-state index >= 15 is 0 Å². The van der Waals surface area contributed by atoms with Crippen LogP contribution in [0, 0.1) is 17.8 Å². The third-order valence-corrected chi connectivity index (χ3v) is 7.97. The van der Waals surface area contributed by atoms with E-state index in [2.05, 4.69) is 10.6 Å². The maximum atomic E-state index is 13.3. The number of carbonyl (C=O) groups is 1. The van der Waals surface area contributed by atoms with Crippen LogP contribution in [0.4, 0.5) is 4.39 Å². The van der Waals surface area contributed by atoms with Crippen LogP contribution in [0.25, 0.3) is 0 Å². The summed E-state index contributed by atoms with van der Waals surface area (Å²) in [5.74, 6) is 0.302. The number of alkyl halides is 1. The first kappa shape index (κ1) is 26.1. The van der Waals surface area contributed by atoms with Gasteiger partial charge in [0.25, 0.3) is 0 Å². The average Bonchev–Trinajstić information content (AvgIpc) is 3.05. The monoisotopic (exact) mass is 478 g/mol. The van der Waals surface area contributed by atoms with Crippen molar-refractivity contribution in [2.75, 3.05) is 26.1 Å². The SMILES string of the molecule is CSC1O[C@H]([C@H](NC(=O)[C@H]2NC[C@@H]3C[C@H](CCCF)CCO[C@H]32)C(C)C)C(O)C(O)[C@H]1O. The number of nitrogens with one attached hydrogen (secondary N) is 2. The average molecular weight is 479 g/mol. The van der Waals surface area contributed by atoms with Gasteiger partial charge in [-0.05, 0) is 49.7 Å². The molecular weight excluding hydrogens is 439 g/mol. The van der Waals surface area contributed by atoms with Crippen molar-refractivity contribution in [3.05, 3.63) is 0 Å². The van der Waals surface area contributed by atoms with E-state index in [1.807, 2.05) is 13.8 Å². The minimum absolute atomic E-state index is 0.0825. The van der Waals surface area contributed by atoms with Crippen molar-refractivity contribution < 1.29 is 34.0 Å². The van der Waals surface area contributed by atoms with E-state index < -0.39 is 41.9 Å². The molecule has 0 bridgehead atoms. The predicted molar refractivity (Wildman–Crippen MR) is 120 cm³/mol. The smallest absolute Gasteiger partial charge is 0.240 e. The highest BCUT2D eigenvalue weighted by molar-refractivity contribution is 7.99. The quantitative estimate of drug-likeness (QED) is 0.341. The summed E-state index contributed by atoms with van der Waals surface area (Å²) < 4.78 is 24.6. The molecule has 3 fully saturated rings. The second-order valence-corrected chi connectivity index (χ2v) is 10.6. The second kappa shape index (κ2) is 11.8. The zero-order chi connectivity index (χ0) is 23.4. The number of hydrogen-bond donors (Lipinski definition) is 5. The lowest BCUT2D eigenvalue weighted by Crippen LogP contribution is -2.65. The summed E-state index contributed by atoms with van der Waals surface area (Å²) in [4.78, 5) is 13.3. The fourth-order valence-electron chi connectivity index (χ4n) is 5.27. The van der Waals surface area contributed by atoms with Crippen molar-refractivity contribution in [2.24, 2.45) is 17.8 Å². The lowest BCUT2D eigenvalue weighted by Gasteiger charge is -2.44. The molecule has 3 unspecified atom stereocenters. The van der Waals surface area contributed by atoms with E-state index in [4.69, 9.17) is 9.47 Å². The topological polar surface area (TPSA) is 120 Å². The summed E-state index contributed by atoms with van der Waals surface area (Å²) in [5.41, 5.74) is -0.697. The highest BCUT2D eigenvalue weighted by Gasteiger charge is 2.49. The van der Waals surface area contributed by atoms with Crippen LogP contribution in [-0.2, 0) is 14.3 Å². The van der Waals surface area contributed by atoms with Crippen LogP contribution in [-0.4, -0.2) is 95.3 Å². The number of aliphatic hydroxyl groups is 3. The molecule has 0 aliphatic carbocycles. The van der Waals surface area contributed by atoms with Gasteiger partial charge < -0.3 is 35.4 Å². The Morgan fingerprint density at radius 3 is 2.66 bits per heavy atom. The largest absolute Gasteiger partial charge is 0.388 e. The summed E-state index contributed by atoms with van der Waals surface area (Å²) in [5, 5.41) is 37.3. The zero-order valence-corrected chi connectivity index (χ0v) is 20.0. The number of ether oxygens (including phenoxy) is 2. The van der Waals surface area contributed by atoms with Crippen LogP contribution in [0.2, 0.25) is 0 Å². The zero-order valence-electron chi connectivity index (χ0n) is 19.2. The van der Waals surface area contributed by atoms with Crippen LogP contribution < -0.4 is 10.6 Å². The van der Waals surface area contributed by atoms with Crippen LogP contribution in [0.15, 0.2) is 0 Å². The van der Waals surface area contributed by atoms with Crippen LogP contribution >= 0.6 is 11.8 Å². The summed E-state index contributed by atoms with van der Waals surface area (Å²) >= 11 is 1.25. The Kier molecular flexibility index (Phi) is 9.61. The molecule has 3 heterocycles. The van der Waals surface area contributed by atoms with Gasteiger partial charge in [-0.1, -0.05) is 13.8 Å². The first-order chi connectivity index (χ1) is 15.3. The molecule has 3 aliphatic heterocycles.